The number of hydrogen-bond acceptors (Lipinski definition) is 10. The van der Waals surface area contributed by atoms with E-state index in [4.69, 9.17) is 19.9 Å². The van der Waals surface area contributed by atoms with E-state index in [0.29, 0.717) is 46.5 Å². The van der Waals surface area contributed by atoms with Crippen LogP contribution in [-0.4, -0.2) is 84.5 Å². The number of aryl methyl sites for hydroxylation is 1. The molecule has 230 valence electrons. The molecule has 43 heavy (non-hydrogen) atoms. The minimum Gasteiger partial charge on any atom is -0.406 e. The molecule has 2 aliphatic heterocycles. The number of imidazole rings is 2. The highest BCUT2D eigenvalue weighted by Crippen LogP contribution is 2.45. The maximum atomic E-state index is 12.5. The van der Waals surface area contributed by atoms with Gasteiger partial charge >= 0.3 is 6.36 Å². The molecule has 3 aromatic heterocycles. The van der Waals surface area contributed by atoms with Gasteiger partial charge in [-0.25, -0.2) is 19.9 Å². The van der Waals surface area contributed by atoms with Crippen molar-refractivity contribution in [3.05, 3.63) is 36.7 Å². The molecule has 0 unspecified atom stereocenters. The van der Waals surface area contributed by atoms with Crippen molar-refractivity contribution in [2.45, 2.75) is 82.3 Å². The molecule has 3 fully saturated rings. The molecule has 1 aliphatic carbocycles. The maximum Gasteiger partial charge on any atom is 0.573 e. The molecular formula is C28H33F3N8O4. The summed E-state index contributed by atoms with van der Waals surface area (Å²) in [6.45, 7) is 4.48. The Morgan fingerprint density at radius 1 is 1.16 bits per heavy atom. The number of benzene rings is 1. The van der Waals surface area contributed by atoms with Gasteiger partial charge in [-0.2, -0.15) is 0 Å². The number of nitrogens with zero attached hydrogens (tertiary/aromatic N) is 6. The number of nitrogens with two attached hydrogens (primary N) is 1. The fourth-order valence-corrected chi connectivity index (χ4v) is 6.51. The minimum absolute atomic E-state index is 0.223. The summed E-state index contributed by atoms with van der Waals surface area (Å²) in [5.74, 6) is 0.573. The Hall–Kier alpha value is -3.53. The Labute approximate surface area is 244 Å². The molecule has 7 rings (SSSR count). The largest absolute Gasteiger partial charge is 0.573 e. The summed E-state index contributed by atoms with van der Waals surface area (Å²) < 4.78 is 62.6. The molecular weight excluding hydrogens is 569 g/mol. The van der Waals surface area contributed by atoms with Crippen LogP contribution in [0.5, 0.6) is 5.75 Å². The van der Waals surface area contributed by atoms with Crippen molar-refractivity contribution >= 4 is 28.0 Å². The van der Waals surface area contributed by atoms with Crippen molar-refractivity contribution in [2.75, 3.05) is 19.3 Å². The normalized spacial score (nSPS) is 28.5. The SMILES string of the molecule is CN(C[C@H]1O[C@@H](n2cnc3c(N)ncnc32)[C@@H]2OC(C)(C)O[C@@H]21)[C@H]1C[C@H](CCc2nc3cc(OC(F)(F)F)ccc3[nH]2)C1. The van der Waals surface area contributed by atoms with Crippen molar-refractivity contribution in [3.63, 3.8) is 0 Å². The van der Waals surface area contributed by atoms with Crippen LogP contribution in [0, 0.1) is 5.92 Å². The van der Waals surface area contributed by atoms with Crippen molar-refractivity contribution in [2.24, 2.45) is 5.92 Å². The molecule has 4 aromatic rings. The molecule has 0 amide bonds. The van der Waals surface area contributed by atoms with Crippen molar-refractivity contribution in [1.29, 1.82) is 0 Å². The number of aromatic nitrogens is 6. The summed E-state index contributed by atoms with van der Waals surface area (Å²) in [5, 5.41) is 0. The zero-order chi connectivity index (χ0) is 30.1. The second-order valence-electron chi connectivity index (χ2n) is 12.1. The fraction of sp³-hybridized carbons (Fsp3) is 0.571. The second kappa shape index (κ2) is 10.3. The predicted molar refractivity (Wildman–Crippen MR) is 148 cm³/mol. The first-order valence-corrected chi connectivity index (χ1v) is 14.3. The van der Waals surface area contributed by atoms with Crippen LogP contribution < -0.4 is 10.5 Å². The lowest BCUT2D eigenvalue weighted by Crippen LogP contribution is -2.48. The molecule has 0 bridgehead atoms. The number of halogens is 3. The van der Waals surface area contributed by atoms with Crippen molar-refractivity contribution in [1.82, 2.24) is 34.4 Å². The Balaban J connectivity index is 0.952. The van der Waals surface area contributed by atoms with E-state index in [1.165, 1.54) is 18.5 Å². The summed E-state index contributed by atoms with van der Waals surface area (Å²) in [6.07, 6.45) is 0.772. The summed E-state index contributed by atoms with van der Waals surface area (Å²) in [4.78, 5) is 22.8. The number of rotatable bonds is 8. The average Bonchev–Trinajstić information content (AvgIpc) is 3.64. The summed E-state index contributed by atoms with van der Waals surface area (Å²) >= 11 is 0. The van der Waals surface area contributed by atoms with Gasteiger partial charge in [-0.05, 0) is 58.2 Å². The molecule has 2 saturated heterocycles. The third-order valence-electron chi connectivity index (χ3n) is 8.62. The van der Waals surface area contributed by atoms with E-state index in [-0.39, 0.29) is 24.1 Å². The molecule has 1 saturated carbocycles. The molecule has 3 N–H and O–H groups in total. The zero-order valence-corrected chi connectivity index (χ0v) is 23.9. The minimum atomic E-state index is -4.73. The Kier molecular flexibility index (Phi) is 6.76. The van der Waals surface area contributed by atoms with Crippen molar-refractivity contribution in [3.8, 4) is 5.75 Å². The number of anilines is 1. The molecule has 4 atom stereocenters. The number of nitrogen functional groups attached to an aromatic ring is 1. The van der Waals surface area contributed by atoms with Gasteiger partial charge in [0.15, 0.2) is 23.5 Å². The van der Waals surface area contributed by atoms with Gasteiger partial charge in [0.05, 0.1) is 17.4 Å². The third-order valence-corrected chi connectivity index (χ3v) is 8.62. The molecule has 5 heterocycles. The van der Waals surface area contributed by atoms with E-state index >= 15 is 0 Å². The third kappa shape index (κ3) is 5.50. The Morgan fingerprint density at radius 2 is 1.95 bits per heavy atom. The highest BCUT2D eigenvalue weighted by molar-refractivity contribution is 5.81. The Bertz CT molecular complexity index is 1640. The highest BCUT2D eigenvalue weighted by atomic mass is 19.4. The van der Waals surface area contributed by atoms with Gasteiger partial charge in [0, 0.05) is 25.1 Å². The molecule has 15 heteroatoms. The summed E-state index contributed by atoms with van der Waals surface area (Å²) in [5.41, 5.74) is 8.24. The van der Waals surface area contributed by atoms with E-state index in [1.54, 1.807) is 12.4 Å². The average molecular weight is 603 g/mol. The smallest absolute Gasteiger partial charge is 0.406 e. The monoisotopic (exact) mass is 602 g/mol. The van der Waals surface area contributed by atoms with Crippen LogP contribution in [0.15, 0.2) is 30.9 Å². The standard InChI is InChI=1S/C28H33F3N8O4/c1-27(2)42-22-19(40-26(23(22)43-27)39-13-35-21-24(32)33-12-34-25(21)39)11-38(3)15-8-14(9-15)4-7-20-36-17-6-5-16(10-18(17)37-20)41-28(29,30)31/h5-6,10,12-15,19,22-23,26H,4,7-9,11H2,1-3H3,(H,36,37)(H2,32,33,34)/t14-,15-,19-,22-,23-,26-/m1/s1. The van der Waals surface area contributed by atoms with Gasteiger partial charge in [0.2, 0.25) is 0 Å². The zero-order valence-electron chi connectivity index (χ0n) is 23.9. The maximum absolute atomic E-state index is 12.5. The Morgan fingerprint density at radius 3 is 2.74 bits per heavy atom. The molecule has 12 nitrogen and oxygen atoms in total. The van der Waals surface area contributed by atoms with E-state index in [0.717, 1.165) is 31.5 Å². The number of nitrogens with one attached hydrogen (secondary N) is 1. The van der Waals surface area contributed by atoms with Crippen LogP contribution in [0.2, 0.25) is 0 Å². The van der Waals surface area contributed by atoms with Crippen molar-refractivity contribution < 1.29 is 32.1 Å². The first kappa shape index (κ1) is 28.3. The van der Waals surface area contributed by atoms with E-state index < -0.39 is 18.4 Å². The van der Waals surface area contributed by atoms with Gasteiger partial charge in [-0.3, -0.25) is 4.57 Å². The molecule has 0 spiro atoms. The summed E-state index contributed by atoms with van der Waals surface area (Å²) in [6, 6.07) is 4.55. The van der Waals surface area contributed by atoms with E-state index in [1.807, 2.05) is 18.4 Å². The highest BCUT2D eigenvalue weighted by Gasteiger charge is 2.56. The van der Waals surface area contributed by atoms with Crippen LogP contribution in [0.4, 0.5) is 19.0 Å². The number of fused-ring (bicyclic) bond motifs is 3. The quantitative estimate of drug-likeness (QED) is 0.305. The molecule has 0 radical (unpaired) electrons. The lowest BCUT2D eigenvalue weighted by molar-refractivity contribution is -0.274. The second-order valence-corrected chi connectivity index (χ2v) is 12.1. The van der Waals surface area contributed by atoms with Gasteiger partial charge in [-0.1, -0.05) is 0 Å². The van der Waals surface area contributed by atoms with Crippen LogP contribution in [0.1, 0.15) is 45.2 Å². The van der Waals surface area contributed by atoms with Crippen LogP contribution in [-0.2, 0) is 20.6 Å². The topological polar surface area (TPSA) is 138 Å². The number of aromatic amines is 1. The van der Waals surface area contributed by atoms with E-state index in [9.17, 15) is 13.2 Å². The number of ether oxygens (including phenoxy) is 4. The summed E-state index contributed by atoms with van der Waals surface area (Å²) in [7, 11) is 2.11. The number of hydrogen-bond donors (Lipinski definition) is 2. The number of likely N-dealkylation sites (N-methyl/N-ethyl adjacent to an activating group) is 1. The van der Waals surface area contributed by atoms with Crippen LogP contribution in [0.25, 0.3) is 22.2 Å². The van der Waals surface area contributed by atoms with E-state index in [2.05, 4.69) is 41.6 Å². The van der Waals surface area contributed by atoms with Gasteiger partial charge < -0.3 is 34.6 Å². The fourth-order valence-electron chi connectivity index (χ4n) is 6.51. The lowest BCUT2D eigenvalue weighted by atomic mass is 9.76. The first-order valence-electron chi connectivity index (χ1n) is 14.3. The van der Waals surface area contributed by atoms with Gasteiger partial charge in [0.25, 0.3) is 0 Å². The predicted octanol–water partition coefficient (Wildman–Crippen LogP) is 3.94. The van der Waals surface area contributed by atoms with Gasteiger partial charge in [0.1, 0.15) is 41.7 Å². The molecule has 1 aromatic carbocycles. The van der Waals surface area contributed by atoms with Crippen LogP contribution >= 0.6 is 0 Å². The van der Waals surface area contributed by atoms with Crippen LogP contribution in [0.3, 0.4) is 0 Å². The number of H-pyrrole nitrogens is 1. The lowest BCUT2D eigenvalue weighted by Gasteiger charge is -2.42. The number of alkyl halides is 3. The first-order chi connectivity index (χ1) is 20.4. The molecule has 3 aliphatic rings. The van der Waals surface area contributed by atoms with Gasteiger partial charge in [-0.15, -0.1) is 13.2 Å².